The van der Waals surface area contributed by atoms with Crippen LogP contribution in [0.2, 0.25) is 5.02 Å². The van der Waals surface area contributed by atoms with Gasteiger partial charge in [-0.05, 0) is 211 Å². The molecule has 0 saturated heterocycles. The molecular formula is C84H79BrClN17O20S2. The van der Waals surface area contributed by atoms with Crippen molar-refractivity contribution < 1.29 is 81.7 Å². The lowest BCUT2D eigenvalue weighted by molar-refractivity contribution is -0.394. The van der Waals surface area contributed by atoms with Crippen molar-refractivity contribution in [1.29, 1.82) is 0 Å². The van der Waals surface area contributed by atoms with Crippen LogP contribution in [0.15, 0.2) is 220 Å². The predicted octanol–water partition coefficient (Wildman–Crippen LogP) is 15.7. The maximum Gasteiger partial charge on any atom is 0.514 e. The number of fused-ring (bicyclic) bond motifs is 1. The van der Waals surface area contributed by atoms with E-state index in [1.54, 1.807) is 98.8 Å². The van der Waals surface area contributed by atoms with Crippen LogP contribution in [0.3, 0.4) is 0 Å². The number of H-pyrrole nitrogens is 2. The number of benzene rings is 7. The van der Waals surface area contributed by atoms with E-state index in [1.807, 2.05) is 65.8 Å². The highest BCUT2D eigenvalue weighted by Gasteiger charge is 2.41. The van der Waals surface area contributed by atoms with Gasteiger partial charge in [0.1, 0.15) is 34.5 Å². The molecule has 5 aromatic heterocycles. The van der Waals surface area contributed by atoms with Crippen LogP contribution in [0.25, 0.3) is 5.69 Å². The van der Waals surface area contributed by atoms with E-state index < -0.39 is 58.1 Å². The fraction of sp³-hybridized carbons (Fsp3) is 0.190. The number of carbonyl (C=O) groups excluding carboxylic acids is 7. The van der Waals surface area contributed by atoms with E-state index in [0.29, 0.717) is 82.5 Å². The Bertz CT molecular complexity index is 6170. The minimum atomic E-state index is -0.853. The Morgan fingerprint density at radius 2 is 1.43 bits per heavy atom. The largest absolute Gasteiger partial charge is 0.514 e. The first kappa shape index (κ1) is 94.0. The number of hydrazone groups is 1. The Kier molecular flexibility index (Phi) is 33.1. The molecule has 7 aromatic carbocycles. The molecule has 0 saturated carbocycles. The number of esters is 4. The predicted molar refractivity (Wildman–Crippen MR) is 467 cm³/mol. The second kappa shape index (κ2) is 44.1. The van der Waals surface area contributed by atoms with Crippen LogP contribution in [-0.4, -0.2) is 147 Å². The van der Waals surface area contributed by atoms with E-state index in [-0.39, 0.29) is 80.4 Å². The molecule has 8 N–H and O–H groups in total. The molecule has 0 radical (unpaired) electrons. The summed E-state index contributed by atoms with van der Waals surface area (Å²) < 4.78 is 32.7. The fourth-order valence-corrected chi connectivity index (χ4v) is 14.5. The minimum absolute atomic E-state index is 0.00488. The van der Waals surface area contributed by atoms with Crippen LogP contribution < -0.4 is 26.1 Å². The van der Waals surface area contributed by atoms with Crippen molar-refractivity contribution in [2.75, 3.05) is 45.1 Å². The Labute approximate surface area is 732 Å². The number of amides is 2. The number of furan rings is 1. The zero-order valence-corrected chi connectivity index (χ0v) is 72.4. The number of nitro benzene ring substituents is 1. The first-order valence-corrected chi connectivity index (χ1v) is 39.9. The number of nitrogen functional groups attached to an aromatic ring is 1. The van der Waals surface area contributed by atoms with Gasteiger partial charge in [-0.2, -0.15) is 10.2 Å². The van der Waals surface area contributed by atoms with Gasteiger partial charge in [-0.1, -0.05) is 91.8 Å². The number of Topliss-reactive ketones (excluding diaryl/α,β-unsaturated/α-hetero) is 1. The smallest absolute Gasteiger partial charge is 0.508 e. The Balaban J connectivity index is 0.000000181. The number of hydrogen-bond acceptors (Lipinski definition) is 31. The molecule has 1 atom stereocenters. The number of para-hydroxylation sites is 2. The van der Waals surface area contributed by atoms with Crippen LogP contribution in [-0.2, 0) is 39.9 Å². The van der Waals surface area contributed by atoms with E-state index >= 15 is 0 Å². The van der Waals surface area contributed by atoms with Crippen molar-refractivity contribution in [3.63, 3.8) is 0 Å². The van der Waals surface area contributed by atoms with E-state index in [0.717, 1.165) is 67.2 Å². The molecule has 2 amide bonds. The minimum Gasteiger partial charge on any atom is -0.508 e. The number of phenols is 2. The zero-order valence-electron chi connectivity index (χ0n) is 68.4. The number of ether oxygens (including phenoxy) is 5. The molecule has 1 aliphatic rings. The summed E-state index contributed by atoms with van der Waals surface area (Å²) in [5, 5.41) is 67.7. The first-order chi connectivity index (χ1) is 59.7. The second-order valence-electron chi connectivity index (χ2n) is 26.5. The first-order valence-electron chi connectivity index (χ1n) is 37.1. The number of nitrogens with zero attached hydrogens (tertiary/aromatic N) is 12. The lowest BCUT2D eigenvalue weighted by atomic mass is 9.88. The van der Waals surface area contributed by atoms with Gasteiger partial charge in [-0.15, -0.1) is 5.11 Å². The number of nitro groups is 2. The third-order valence-electron chi connectivity index (χ3n) is 17.8. The van der Waals surface area contributed by atoms with E-state index in [4.69, 9.17) is 45.4 Å². The average molecular weight is 1830 g/mol. The van der Waals surface area contributed by atoms with Crippen molar-refractivity contribution in [3.8, 4) is 22.9 Å². The summed E-state index contributed by atoms with van der Waals surface area (Å²) in [5.74, 6) is -4.19. The molecule has 0 aliphatic carbocycles. The van der Waals surface area contributed by atoms with Gasteiger partial charge in [0.05, 0.1) is 91.3 Å². The number of thioether (sulfide) groups is 1. The number of imidazole rings is 1. The molecule has 646 valence electrons. The lowest BCUT2D eigenvalue weighted by Crippen LogP contribution is -2.26. The van der Waals surface area contributed by atoms with Crippen LogP contribution in [0.4, 0.5) is 40.2 Å². The number of ketones is 1. The number of thiazole rings is 1. The molecule has 41 heteroatoms. The van der Waals surface area contributed by atoms with Gasteiger partial charge in [-0.25, -0.2) is 29.6 Å². The number of azo groups is 1. The number of carbonyl (C=O) groups is 7. The molecule has 12 aromatic rings. The van der Waals surface area contributed by atoms with Crippen molar-refractivity contribution in [3.05, 3.63) is 298 Å². The molecule has 1 unspecified atom stereocenters. The molecule has 0 fully saturated rings. The summed E-state index contributed by atoms with van der Waals surface area (Å²) in [6.07, 6.45) is 2.95. The van der Waals surface area contributed by atoms with Gasteiger partial charge in [0, 0.05) is 61.4 Å². The van der Waals surface area contributed by atoms with Crippen molar-refractivity contribution >= 4 is 144 Å². The number of aromatic nitrogens is 8. The van der Waals surface area contributed by atoms with Crippen LogP contribution in [0.1, 0.15) is 117 Å². The second-order valence-corrected chi connectivity index (χ2v) is 29.9. The maximum atomic E-state index is 12.7. The number of nitrogens with one attached hydrogen (secondary N) is 4. The number of aliphatic imine (C=N–C) groups is 1. The molecule has 125 heavy (non-hydrogen) atoms. The number of anilines is 2. The Morgan fingerprint density at radius 3 is 2.07 bits per heavy atom. The Hall–Kier alpha value is -14.9. The summed E-state index contributed by atoms with van der Waals surface area (Å²) in [6, 6.07) is 45.9. The fourth-order valence-electron chi connectivity index (χ4n) is 11.7. The van der Waals surface area contributed by atoms with Crippen LogP contribution >= 0.6 is 50.6 Å². The quantitative estimate of drug-likeness (QED) is 0.00562. The molecule has 13 rings (SSSR count). The SMILES string of the molecule is C/C(Cn1nnc([N+](=O)[O-])n1)=N/NC(=O)COc1ccccc1[N+](=O)[O-].CCOC(=O)c1[nH]c(C)nc1N.COC(=O)C1=C(C(=O)OC)C(c2cc(Br)ccc2O)c2sc(=O)[nH]c2S1.Cc1cc(C)c(C)c(C(=O)COC(=O)c2ccc(-n3c(C)ccc3C)cc2)c1C.O=C(Nc1cccc(N=Cc2cc(N=Nc3ccccc3Cl)ccc2O)c1)c1ccco1. The van der Waals surface area contributed by atoms with Gasteiger partial charge >= 0.3 is 40.4 Å². The van der Waals surface area contributed by atoms with Crippen molar-refractivity contribution in [2.45, 2.75) is 79.8 Å². The van der Waals surface area contributed by atoms with Crippen LogP contribution in [0.5, 0.6) is 17.2 Å². The molecule has 0 bridgehead atoms. The number of nitrogens with two attached hydrogens (primary N) is 1. The number of aryl methyl sites for hydroxylation is 5. The summed E-state index contributed by atoms with van der Waals surface area (Å²) in [5.41, 5.74) is 19.3. The summed E-state index contributed by atoms with van der Waals surface area (Å²) in [7, 11) is 2.39. The summed E-state index contributed by atoms with van der Waals surface area (Å²) in [6.45, 7) is 16.4. The molecule has 1 aliphatic heterocycles. The number of aromatic amines is 2. The topological polar surface area (TPSA) is 515 Å². The summed E-state index contributed by atoms with van der Waals surface area (Å²) >= 11 is 11.3. The highest BCUT2D eigenvalue weighted by molar-refractivity contribution is 9.10. The summed E-state index contributed by atoms with van der Waals surface area (Å²) in [4.78, 5) is 131. The van der Waals surface area contributed by atoms with Gasteiger partial charge in [0.25, 0.3) is 11.8 Å². The Morgan fingerprint density at radius 1 is 0.744 bits per heavy atom. The number of rotatable bonds is 24. The number of halogens is 2. The highest BCUT2D eigenvalue weighted by Crippen LogP contribution is 2.51. The average Bonchev–Trinajstić information content (AvgIpc) is 1.70. The van der Waals surface area contributed by atoms with E-state index in [2.05, 4.69) is 100 Å². The monoisotopic (exact) mass is 1820 g/mol. The number of phenolic OH excluding ortho intramolecular Hbond substituents is 2. The molecule has 37 nitrogen and oxygen atoms in total. The molecule has 0 spiro atoms. The van der Waals surface area contributed by atoms with E-state index in [1.165, 1.54) is 70.0 Å². The number of aromatic hydroxyl groups is 2. The van der Waals surface area contributed by atoms with Crippen molar-refractivity contribution in [2.24, 2.45) is 20.3 Å². The van der Waals surface area contributed by atoms with E-state index in [9.17, 15) is 68.8 Å². The number of tetrazole rings is 1. The number of hydrogen-bond donors (Lipinski definition) is 7. The van der Waals surface area contributed by atoms with Gasteiger partial charge in [0.15, 0.2) is 36.2 Å². The van der Waals surface area contributed by atoms with Gasteiger partial charge < -0.3 is 74.0 Å². The van der Waals surface area contributed by atoms with Crippen molar-refractivity contribution in [1.82, 2.24) is 45.2 Å². The molecular weight excluding hydrogens is 1750 g/mol. The molecule has 6 heterocycles. The third kappa shape index (κ3) is 25.4. The zero-order chi connectivity index (χ0) is 90.9. The van der Waals surface area contributed by atoms with Gasteiger partial charge in [0.2, 0.25) is 5.78 Å². The maximum absolute atomic E-state index is 12.7. The van der Waals surface area contributed by atoms with Gasteiger partial charge in [-0.3, -0.25) is 34.3 Å². The normalized spacial score (nSPS) is 12.0. The number of methoxy groups -OCH3 is 2. The van der Waals surface area contributed by atoms with Crippen LogP contribution in [0, 0.1) is 68.7 Å². The lowest BCUT2D eigenvalue weighted by Gasteiger charge is -2.26. The standard InChI is InChI=1S/C25H27NO3.C24H17ClN4O3.C16H12BrNO6S2.C12H12N8O6.C7H11N3O2/c1-15-13-16(2)20(6)24(19(15)5)23(27)14-29-25(28)21-9-11-22(12-10-21)26-17(3)7-8-18(26)4;25-20-7-1-2-8-21(20)29-28-19-10-11-22(30)16(13-19)15-26-17-5-3-6-18(14-17)27-24(31)23-9-4-12-32-23;1-23-14(20)10-9(7-5-6(17)3-4-8(7)19)11-13(18-16(22)26-11)25-12(10)15(21)24-2;1-8(6-18-16-12(15-17-18)20(24)25)13-14-11(21)7-26-10-5-3-2-4-9(10)19(22)23;1-3-12-7(11)5-6(8)10-4(2)9-5/h7-13H,14H2,1-6H3;1-15,30H,(H,27,31);3-5,9,19H,1-2H3,(H,18,22);2-5H,6-7H2,1H3,(H,14,21);3,8H2,1-2H3,(H,9,10)/b;;;13-8-;. The highest BCUT2D eigenvalue weighted by atomic mass is 79.9. The third-order valence-corrected chi connectivity index (χ3v) is 20.8.